The minimum atomic E-state index is -6.01. The van der Waals surface area contributed by atoms with Crippen LogP contribution in [0.15, 0.2) is 12.7 Å². The van der Waals surface area contributed by atoms with Gasteiger partial charge < -0.3 is 40.3 Å². The fourth-order valence-corrected chi connectivity index (χ4v) is 5.55. The third kappa shape index (κ3) is 7.66. The van der Waals surface area contributed by atoms with Crippen LogP contribution in [0.3, 0.4) is 0 Å². The average molecular weight is 524 g/mol. The second kappa shape index (κ2) is 11.3. The molecule has 3 heterocycles. The molecule has 23 heteroatoms. The van der Waals surface area contributed by atoms with Gasteiger partial charge in [0.1, 0.15) is 30.2 Å². The van der Waals surface area contributed by atoms with Crippen molar-refractivity contribution in [3.63, 3.8) is 0 Å². The zero-order chi connectivity index (χ0) is 23.2. The van der Waals surface area contributed by atoms with Gasteiger partial charge in [-0.15, -0.1) is 0 Å². The van der Waals surface area contributed by atoms with E-state index in [0.29, 0.717) is 0 Å². The van der Waals surface area contributed by atoms with Crippen LogP contribution in [-0.4, -0.2) is 64.4 Å². The van der Waals surface area contributed by atoms with Crippen LogP contribution in [0, 0.1) is 0 Å². The largest absolute Gasteiger partial charge is 1.00 e. The van der Waals surface area contributed by atoms with Crippen molar-refractivity contribution in [2.75, 3.05) is 12.3 Å². The number of phosphoric acid groups is 3. The second-order valence-electron chi connectivity index (χ2n) is 5.97. The topological polar surface area (TPSA) is 285 Å². The van der Waals surface area contributed by atoms with E-state index in [2.05, 4.69) is 28.1 Å². The van der Waals surface area contributed by atoms with E-state index < -0.39 is 54.6 Å². The van der Waals surface area contributed by atoms with Crippen LogP contribution in [-0.2, 0) is 31.6 Å². The Morgan fingerprint density at radius 2 is 1.73 bits per heavy atom. The van der Waals surface area contributed by atoms with Gasteiger partial charge in [-0.05, 0) is 0 Å². The van der Waals surface area contributed by atoms with Gasteiger partial charge in [0.2, 0.25) is 0 Å². The first-order chi connectivity index (χ1) is 14.2. The number of hydrogen-bond acceptors (Lipinski definition) is 15. The molecule has 174 valence electrons. The second-order valence-corrected chi connectivity index (χ2v) is 10.3. The van der Waals surface area contributed by atoms with Gasteiger partial charge in [0.05, 0.1) is 12.9 Å². The van der Waals surface area contributed by atoms with Crippen LogP contribution in [0.25, 0.3) is 11.2 Å². The van der Waals surface area contributed by atoms with Gasteiger partial charge in [-0.3, -0.25) is 18.2 Å². The van der Waals surface area contributed by atoms with E-state index in [1.54, 1.807) is 0 Å². The summed E-state index contributed by atoms with van der Waals surface area (Å²) in [5.41, 5.74) is 5.97. The molecule has 0 saturated carbocycles. The van der Waals surface area contributed by atoms with Gasteiger partial charge in [-0.2, -0.15) is 0 Å². The molecule has 7 atom stereocenters. The number of nitrogen functional groups attached to an aromatic ring is 1. The monoisotopic (exact) mass is 524 g/mol. The normalized spacial score (nSPS) is 28.2. The van der Waals surface area contributed by atoms with Crippen molar-refractivity contribution in [3.8, 4) is 0 Å². The minimum absolute atomic E-state index is 0. The molecule has 0 amide bonds. The number of aliphatic hydroxyl groups is 2. The van der Waals surface area contributed by atoms with Gasteiger partial charge in [0.25, 0.3) is 15.6 Å². The number of nitrogens with two attached hydrogens (primary N) is 1. The molecule has 1 aliphatic rings. The molecule has 1 aliphatic heterocycles. The molecule has 0 bridgehead atoms. The number of imidazole rings is 1. The van der Waals surface area contributed by atoms with Crippen LogP contribution in [0.4, 0.5) is 5.82 Å². The molecular weight excluding hydrogens is 510 g/mol. The number of nitrogens with zero attached hydrogens (tertiary/aromatic N) is 4. The number of aliphatic hydroxyl groups excluding tert-OH is 2. The maximum atomic E-state index is 11.7. The Hall–Kier alpha value is -0.165. The Morgan fingerprint density at radius 3 is 2.33 bits per heavy atom. The minimum Gasteiger partial charge on any atom is -0.756 e. The fourth-order valence-electron chi connectivity index (χ4n) is 2.61. The van der Waals surface area contributed by atoms with Gasteiger partial charge in [0.15, 0.2) is 17.7 Å². The molecule has 3 rings (SSSR count). The molecular formula is C10H14Li2N5O13P3. The summed E-state index contributed by atoms with van der Waals surface area (Å²) in [7, 11) is -17.4. The molecule has 1 saturated heterocycles. The molecule has 6 N–H and O–H groups in total. The Balaban J connectivity index is 0.00000272. The van der Waals surface area contributed by atoms with Crippen molar-refractivity contribution in [2.24, 2.45) is 0 Å². The Labute approximate surface area is 208 Å². The van der Waals surface area contributed by atoms with Crippen molar-refractivity contribution >= 4 is 40.4 Å². The molecule has 0 aliphatic carbocycles. The number of rotatable bonds is 8. The quantitative estimate of drug-likeness (QED) is 0.122. The molecule has 0 spiro atoms. The van der Waals surface area contributed by atoms with Gasteiger partial charge >= 0.3 is 45.5 Å². The predicted molar refractivity (Wildman–Crippen MR) is 91.0 cm³/mol. The number of hydrogen-bond donors (Lipinski definition) is 5. The molecule has 2 aromatic rings. The van der Waals surface area contributed by atoms with E-state index in [-0.39, 0.29) is 54.7 Å². The van der Waals surface area contributed by atoms with E-state index >= 15 is 0 Å². The molecule has 4 unspecified atom stereocenters. The number of aromatic nitrogens is 4. The number of phosphoric ester groups is 1. The first kappa shape index (κ1) is 30.9. The summed E-state index contributed by atoms with van der Waals surface area (Å²) in [6.07, 6.45) is -3.81. The Bertz CT molecular complexity index is 1120. The van der Waals surface area contributed by atoms with Gasteiger partial charge in [-0.1, -0.05) is 0 Å². The molecule has 0 aromatic carbocycles. The first-order valence-electron chi connectivity index (χ1n) is 7.88. The summed E-state index contributed by atoms with van der Waals surface area (Å²) in [5.74, 6) is 0.0322. The number of anilines is 1. The van der Waals surface area contributed by atoms with E-state index in [0.717, 1.165) is 6.33 Å². The maximum absolute atomic E-state index is 11.7. The Kier molecular flexibility index (Phi) is 10.5. The van der Waals surface area contributed by atoms with Crippen molar-refractivity contribution in [1.29, 1.82) is 0 Å². The molecule has 18 nitrogen and oxygen atoms in total. The van der Waals surface area contributed by atoms with Crippen molar-refractivity contribution in [3.05, 3.63) is 12.7 Å². The number of ether oxygens (including phenoxy) is 1. The zero-order valence-corrected chi connectivity index (χ0v) is 19.5. The van der Waals surface area contributed by atoms with Crippen LogP contribution < -0.4 is 53.2 Å². The zero-order valence-electron chi connectivity index (χ0n) is 16.8. The van der Waals surface area contributed by atoms with E-state index in [4.69, 9.17) is 15.4 Å². The Morgan fingerprint density at radius 1 is 1.09 bits per heavy atom. The van der Waals surface area contributed by atoms with Gasteiger partial charge in [-0.25, -0.2) is 28.1 Å². The van der Waals surface area contributed by atoms with Crippen LogP contribution >= 0.6 is 23.5 Å². The average Bonchev–Trinajstić information content (AvgIpc) is 3.13. The summed E-state index contributed by atoms with van der Waals surface area (Å²) in [5, 5.41) is 20.4. The standard InChI is InChI=1S/C10H16N5O13P3.2Li/c11-8-5-9(13-2-12-8)15(3-14-5)10-7(17)6(16)4(26-10)1-25-30(21,22)28-31(23,24)27-29(18,19)20;;/h2-4,6-7,10,16-17H,1H2,(H,21,22)(H,23,24)(H2,11,12,13)(H2,18,19,20);;/q;2*+1/p-2/t4-,6+,7?,10-;;/m1../s1/i11+1,12+1,13+1,14+1,15+1;;. The predicted octanol–water partition coefficient (Wildman–Crippen LogP) is -8.89. The van der Waals surface area contributed by atoms with Crippen molar-refractivity contribution in [2.45, 2.75) is 24.5 Å². The van der Waals surface area contributed by atoms with Gasteiger partial charge in [0, 0.05) is 0 Å². The first-order valence-corrected chi connectivity index (χ1v) is 12.3. The van der Waals surface area contributed by atoms with Crippen LogP contribution in [0.1, 0.15) is 6.23 Å². The summed E-state index contributed by atoms with van der Waals surface area (Å²) >= 11 is 0. The number of fused-ring (bicyclic) bond motifs is 1. The van der Waals surface area contributed by atoms with Crippen LogP contribution in [0.5, 0.6) is 0 Å². The SMILES string of the molecule is [15NH2]c1[15n]c[15n]c2c1[15n]c[15n]2[C@@H]1O[C@H](COP(=O)(O)OP(=O)([O-])OP(=O)([O-])O)[C@H](O)C1O.[Li+].[Li+]. The summed E-state index contributed by atoms with van der Waals surface area (Å²) in [4.78, 5) is 51.0. The van der Waals surface area contributed by atoms with Crippen molar-refractivity contribution in [1.82, 2.24) is 19.5 Å². The molecule has 2 aromatic heterocycles. The summed E-state index contributed by atoms with van der Waals surface area (Å²) < 4.78 is 51.0. The van der Waals surface area contributed by atoms with E-state index in [1.165, 1.54) is 10.9 Å². The third-order valence-corrected chi connectivity index (χ3v) is 7.53. The molecule has 1 fully saturated rings. The fraction of sp³-hybridized carbons (Fsp3) is 0.500. The van der Waals surface area contributed by atoms with Crippen molar-refractivity contribution < 1.29 is 99.1 Å². The van der Waals surface area contributed by atoms with E-state index in [1.807, 2.05) is 0 Å². The van der Waals surface area contributed by atoms with E-state index in [9.17, 15) is 38.6 Å². The summed E-state index contributed by atoms with van der Waals surface area (Å²) in [6.45, 7) is -1.000. The third-order valence-electron chi connectivity index (χ3n) is 3.81. The smallest absolute Gasteiger partial charge is 0.756 e. The van der Waals surface area contributed by atoms with Crippen LogP contribution in [0.2, 0.25) is 0 Å². The molecule has 33 heavy (non-hydrogen) atoms. The summed E-state index contributed by atoms with van der Waals surface area (Å²) in [6, 6.07) is 0. The molecule has 0 radical (unpaired) electrons. The maximum Gasteiger partial charge on any atom is 1.00 e.